The Labute approximate surface area is 268 Å². The molecule has 44 heavy (non-hydrogen) atoms. The molecule has 0 unspecified atom stereocenters. The Hall–Kier alpha value is -3.02. The standard InChI is InChI=1S/C38H60N2O4/c1-4-6-8-10-12-14-16-18-24-43-35-22-20-33(37(41)26-35)30-39-28-32(3)29-40-31-34-21-23-36(27-38(34)42)44-25-19-17-15-13-11-9-7-5-2/h20-23,26-27,30-32,41-42H,4-19,24-25,28-29H2,1-3H3. The molecule has 6 heteroatoms. The third kappa shape index (κ3) is 17.3. The second-order valence-corrected chi connectivity index (χ2v) is 12.2. The maximum absolute atomic E-state index is 10.4. The zero-order chi connectivity index (χ0) is 31.7. The summed E-state index contributed by atoms with van der Waals surface area (Å²) in [5.41, 5.74) is 1.35. The molecule has 0 spiro atoms. The SMILES string of the molecule is CCCCCCCCCCOc1ccc(C=NCC(C)CN=Cc2ccc(OCCCCCCCCCC)cc2O)c(O)c1. The Morgan fingerprint density at radius 1 is 0.568 bits per heavy atom. The van der Waals surface area contributed by atoms with E-state index in [2.05, 4.69) is 30.8 Å². The van der Waals surface area contributed by atoms with E-state index in [4.69, 9.17) is 9.47 Å². The average Bonchev–Trinajstić information content (AvgIpc) is 3.01. The highest BCUT2D eigenvalue weighted by Gasteiger charge is 2.05. The first-order chi connectivity index (χ1) is 21.5. The van der Waals surface area contributed by atoms with Crippen LogP contribution in [0.5, 0.6) is 23.0 Å². The van der Waals surface area contributed by atoms with Crippen molar-refractivity contribution in [2.75, 3.05) is 26.3 Å². The van der Waals surface area contributed by atoms with Crippen LogP contribution in [0.1, 0.15) is 135 Å². The molecular weight excluding hydrogens is 548 g/mol. The van der Waals surface area contributed by atoms with Crippen LogP contribution in [0.4, 0.5) is 0 Å². The van der Waals surface area contributed by atoms with Gasteiger partial charge in [0.15, 0.2) is 0 Å². The van der Waals surface area contributed by atoms with Crippen molar-refractivity contribution in [3.63, 3.8) is 0 Å². The van der Waals surface area contributed by atoms with Crippen LogP contribution in [0.15, 0.2) is 46.4 Å². The molecule has 0 radical (unpaired) electrons. The number of aliphatic imine (C=N–C) groups is 2. The Bertz CT molecular complexity index is 985. The van der Waals surface area contributed by atoms with Gasteiger partial charge in [0.05, 0.1) is 13.2 Å². The monoisotopic (exact) mass is 608 g/mol. The molecule has 0 heterocycles. The van der Waals surface area contributed by atoms with Gasteiger partial charge < -0.3 is 19.7 Å². The fourth-order valence-electron chi connectivity index (χ4n) is 5.02. The van der Waals surface area contributed by atoms with E-state index in [1.54, 1.807) is 24.6 Å². The van der Waals surface area contributed by atoms with Crippen molar-refractivity contribution in [1.29, 1.82) is 0 Å². The fraction of sp³-hybridized carbons (Fsp3) is 0.632. The lowest BCUT2D eigenvalue weighted by Gasteiger charge is -2.09. The van der Waals surface area contributed by atoms with Crippen molar-refractivity contribution >= 4 is 12.4 Å². The van der Waals surface area contributed by atoms with Gasteiger partial charge >= 0.3 is 0 Å². The van der Waals surface area contributed by atoms with E-state index in [0.29, 0.717) is 48.9 Å². The largest absolute Gasteiger partial charge is 0.507 e. The van der Waals surface area contributed by atoms with Crippen LogP contribution in [0.25, 0.3) is 0 Å². The molecule has 2 aromatic rings. The van der Waals surface area contributed by atoms with Gasteiger partial charge in [0, 0.05) is 48.8 Å². The molecule has 0 aliphatic carbocycles. The first-order valence-corrected chi connectivity index (χ1v) is 17.4. The summed E-state index contributed by atoms with van der Waals surface area (Å²) in [6, 6.07) is 10.8. The Kier molecular flexibility index (Phi) is 20.5. The van der Waals surface area contributed by atoms with Crippen LogP contribution < -0.4 is 9.47 Å². The van der Waals surface area contributed by atoms with Crippen LogP contribution in [0.3, 0.4) is 0 Å². The molecule has 0 saturated heterocycles. The summed E-state index contributed by atoms with van der Waals surface area (Å²) in [5, 5.41) is 20.8. The smallest absolute Gasteiger partial charge is 0.128 e. The van der Waals surface area contributed by atoms with Gasteiger partial charge in [-0.2, -0.15) is 0 Å². The van der Waals surface area contributed by atoms with Crippen molar-refractivity contribution in [2.24, 2.45) is 15.9 Å². The lowest BCUT2D eigenvalue weighted by atomic mass is 10.1. The highest BCUT2D eigenvalue weighted by molar-refractivity contribution is 5.84. The third-order valence-corrected chi connectivity index (χ3v) is 7.83. The van der Waals surface area contributed by atoms with Gasteiger partial charge in [0.2, 0.25) is 0 Å². The molecular formula is C38H60N2O4. The Balaban J connectivity index is 1.62. The van der Waals surface area contributed by atoms with E-state index < -0.39 is 0 Å². The number of aromatic hydroxyl groups is 2. The van der Waals surface area contributed by atoms with Gasteiger partial charge in [0.25, 0.3) is 0 Å². The van der Waals surface area contributed by atoms with Gasteiger partial charge in [-0.1, -0.05) is 111 Å². The van der Waals surface area contributed by atoms with Gasteiger partial charge in [-0.3, -0.25) is 9.98 Å². The molecule has 0 saturated carbocycles. The first kappa shape index (κ1) is 37.2. The average molecular weight is 609 g/mol. The van der Waals surface area contributed by atoms with Crippen molar-refractivity contribution in [3.05, 3.63) is 47.5 Å². The predicted octanol–water partition coefficient (Wildman–Crippen LogP) is 10.3. The Morgan fingerprint density at radius 3 is 1.30 bits per heavy atom. The second-order valence-electron chi connectivity index (χ2n) is 12.2. The lowest BCUT2D eigenvalue weighted by molar-refractivity contribution is 0.302. The molecule has 246 valence electrons. The number of phenolic OH excluding ortho intramolecular Hbond substituents is 2. The number of nitrogens with zero attached hydrogens (tertiary/aromatic N) is 2. The summed E-state index contributed by atoms with van der Waals surface area (Å²) < 4.78 is 11.6. The number of unbranched alkanes of at least 4 members (excludes halogenated alkanes) is 14. The molecule has 2 aromatic carbocycles. The third-order valence-electron chi connectivity index (χ3n) is 7.83. The molecule has 0 aromatic heterocycles. The quantitative estimate of drug-likeness (QED) is 0.0822. The Morgan fingerprint density at radius 2 is 0.932 bits per heavy atom. The second kappa shape index (κ2) is 24.3. The molecule has 0 bridgehead atoms. The van der Waals surface area contributed by atoms with Crippen molar-refractivity contribution in [1.82, 2.24) is 0 Å². The molecule has 0 amide bonds. The zero-order valence-corrected chi connectivity index (χ0v) is 27.9. The molecule has 2 N–H and O–H groups in total. The summed E-state index contributed by atoms with van der Waals surface area (Å²) in [6.07, 6.45) is 23.7. The van der Waals surface area contributed by atoms with Crippen LogP contribution in [0.2, 0.25) is 0 Å². The molecule has 2 rings (SSSR count). The molecule has 0 aliphatic heterocycles. The fourth-order valence-corrected chi connectivity index (χ4v) is 5.02. The molecule has 0 atom stereocenters. The van der Waals surface area contributed by atoms with E-state index >= 15 is 0 Å². The zero-order valence-electron chi connectivity index (χ0n) is 27.9. The minimum Gasteiger partial charge on any atom is -0.507 e. The predicted molar refractivity (Wildman–Crippen MR) is 187 cm³/mol. The van der Waals surface area contributed by atoms with Gasteiger partial charge in [-0.25, -0.2) is 0 Å². The summed E-state index contributed by atoms with van der Waals surface area (Å²) in [7, 11) is 0. The van der Waals surface area contributed by atoms with Gasteiger partial charge in [-0.05, 0) is 43.0 Å². The van der Waals surface area contributed by atoms with Crippen LogP contribution in [0, 0.1) is 5.92 Å². The number of rotatable bonds is 26. The number of phenols is 2. The number of hydrogen-bond donors (Lipinski definition) is 2. The lowest BCUT2D eigenvalue weighted by Crippen LogP contribution is -2.04. The number of ether oxygens (including phenoxy) is 2. The van der Waals surface area contributed by atoms with Gasteiger partial charge in [0.1, 0.15) is 23.0 Å². The van der Waals surface area contributed by atoms with Crippen LogP contribution in [-0.4, -0.2) is 48.9 Å². The van der Waals surface area contributed by atoms with Crippen LogP contribution in [-0.2, 0) is 0 Å². The summed E-state index contributed by atoms with van der Waals surface area (Å²) in [6.45, 7) is 9.10. The van der Waals surface area contributed by atoms with E-state index in [1.807, 2.05) is 24.3 Å². The maximum atomic E-state index is 10.4. The van der Waals surface area contributed by atoms with E-state index in [0.717, 1.165) is 12.8 Å². The highest BCUT2D eigenvalue weighted by Crippen LogP contribution is 2.24. The minimum absolute atomic E-state index is 0.175. The summed E-state index contributed by atoms with van der Waals surface area (Å²) in [4.78, 5) is 9.01. The normalized spacial score (nSPS) is 12.3. The summed E-state index contributed by atoms with van der Waals surface area (Å²) >= 11 is 0. The topological polar surface area (TPSA) is 83.6 Å². The number of benzene rings is 2. The maximum Gasteiger partial charge on any atom is 0.128 e. The van der Waals surface area contributed by atoms with Crippen molar-refractivity contribution < 1.29 is 19.7 Å². The van der Waals surface area contributed by atoms with Crippen LogP contribution >= 0.6 is 0 Å². The molecule has 0 aliphatic rings. The molecule has 6 nitrogen and oxygen atoms in total. The van der Waals surface area contributed by atoms with E-state index in [1.165, 1.54) is 89.9 Å². The van der Waals surface area contributed by atoms with Gasteiger partial charge in [-0.15, -0.1) is 0 Å². The molecule has 0 fully saturated rings. The van der Waals surface area contributed by atoms with Crippen molar-refractivity contribution in [2.45, 2.75) is 124 Å². The number of hydrogen-bond acceptors (Lipinski definition) is 6. The minimum atomic E-state index is 0.175. The van der Waals surface area contributed by atoms with E-state index in [9.17, 15) is 10.2 Å². The first-order valence-electron chi connectivity index (χ1n) is 17.4. The highest BCUT2D eigenvalue weighted by atomic mass is 16.5. The van der Waals surface area contributed by atoms with Crippen molar-refractivity contribution in [3.8, 4) is 23.0 Å². The summed E-state index contributed by atoms with van der Waals surface area (Å²) in [5.74, 6) is 1.95. The van der Waals surface area contributed by atoms with E-state index in [-0.39, 0.29) is 17.4 Å².